The summed E-state index contributed by atoms with van der Waals surface area (Å²) in [7, 11) is 1.30. The van der Waals surface area contributed by atoms with E-state index in [-0.39, 0.29) is 11.5 Å². The Kier molecular flexibility index (Phi) is 4.99. The summed E-state index contributed by atoms with van der Waals surface area (Å²) in [6, 6.07) is 8.00. The molecule has 1 N–H and O–H groups in total. The van der Waals surface area contributed by atoms with Crippen molar-refractivity contribution in [3.8, 4) is 11.5 Å². The predicted molar refractivity (Wildman–Crippen MR) is 90.6 cm³/mol. The molecule has 0 radical (unpaired) electrons. The summed E-state index contributed by atoms with van der Waals surface area (Å²) < 4.78 is 4.92. The molecular weight excluding hydrogens is 310 g/mol. The molecule has 2 rings (SSSR count). The van der Waals surface area contributed by atoms with Crippen LogP contribution >= 0.6 is 0 Å². The SMILES string of the molecule is COc1cc(/C=C/C(=O)c2ccc(C)c(C)c2)cc([N+](=O)[O-])c1O. The summed E-state index contributed by atoms with van der Waals surface area (Å²) in [5, 5.41) is 20.7. The maximum atomic E-state index is 12.2. The van der Waals surface area contributed by atoms with Crippen molar-refractivity contribution in [3.05, 3.63) is 68.8 Å². The van der Waals surface area contributed by atoms with E-state index in [0.717, 1.165) is 11.1 Å². The fourth-order valence-electron chi connectivity index (χ4n) is 2.17. The third-order valence-electron chi connectivity index (χ3n) is 3.71. The van der Waals surface area contributed by atoms with Gasteiger partial charge in [-0.1, -0.05) is 18.2 Å². The first kappa shape index (κ1) is 17.2. The minimum absolute atomic E-state index is 0.0255. The summed E-state index contributed by atoms with van der Waals surface area (Å²) in [5.74, 6) is -0.782. The number of allylic oxidation sites excluding steroid dienone is 1. The van der Waals surface area contributed by atoms with Gasteiger partial charge in [0, 0.05) is 11.6 Å². The molecule has 0 aliphatic carbocycles. The average molecular weight is 327 g/mol. The summed E-state index contributed by atoms with van der Waals surface area (Å²) in [6.07, 6.45) is 2.78. The molecule has 0 aromatic heterocycles. The zero-order valence-electron chi connectivity index (χ0n) is 13.6. The van der Waals surface area contributed by atoms with Gasteiger partial charge in [-0.2, -0.15) is 0 Å². The Morgan fingerprint density at radius 1 is 1.21 bits per heavy atom. The van der Waals surface area contributed by atoms with Gasteiger partial charge >= 0.3 is 5.69 Å². The Morgan fingerprint density at radius 3 is 2.50 bits per heavy atom. The number of ketones is 1. The molecule has 0 aliphatic heterocycles. The number of nitrogens with zero attached hydrogens (tertiary/aromatic N) is 1. The van der Waals surface area contributed by atoms with Gasteiger partial charge in [-0.15, -0.1) is 0 Å². The Hall–Kier alpha value is -3.15. The lowest BCUT2D eigenvalue weighted by atomic mass is 10.0. The molecule has 0 heterocycles. The lowest BCUT2D eigenvalue weighted by molar-refractivity contribution is -0.386. The van der Waals surface area contributed by atoms with Crippen molar-refractivity contribution in [2.45, 2.75) is 13.8 Å². The number of phenolic OH excluding ortho intramolecular Hbond substituents is 1. The fourth-order valence-corrected chi connectivity index (χ4v) is 2.17. The maximum Gasteiger partial charge on any atom is 0.315 e. The number of hydrogen-bond acceptors (Lipinski definition) is 5. The molecule has 0 atom stereocenters. The molecule has 0 saturated heterocycles. The van der Waals surface area contributed by atoms with Crippen molar-refractivity contribution in [3.63, 3.8) is 0 Å². The zero-order valence-corrected chi connectivity index (χ0v) is 13.6. The van der Waals surface area contributed by atoms with Crippen LogP contribution in [-0.4, -0.2) is 22.9 Å². The highest BCUT2D eigenvalue weighted by Crippen LogP contribution is 2.37. The van der Waals surface area contributed by atoms with Crippen molar-refractivity contribution >= 4 is 17.5 Å². The summed E-state index contributed by atoms with van der Waals surface area (Å²) in [4.78, 5) is 22.5. The number of benzene rings is 2. The van der Waals surface area contributed by atoms with E-state index in [0.29, 0.717) is 11.1 Å². The summed E-state index contributed by atoms with van der Waals surface area (Å²) >= 11 is 0. The molecule has 0 unspecified atom stereocenters. The van der Waals surface area contributed by atoms with Gasteiger partial charge in [0.25, 0.3) is 0 Å². The van der Waals surface area contributed by atoms with E-state index in [1.165, 1.54) is 31.4 Å². The summed E-state index contributed by atoms with van der Waals surface area (Å²) in [5.41, 5.74) is 2.54. The van der Waals surface area contributed by atoms with Crippen LogP contribution < -0.4 is 4.74 Å². The number of nitro benzene ring substituents is 1. The number of hydrogen-bond donors (Lipinski definition) is 1. The number of nitro groups is 1. The molecule has 24 heavy (non-hydrogen) atoms. The molecule has 0 fully saturated rings. The number of carbonyl (C=O) groups excluding carboxylic acids is 1. The minimum Gasteiger partial charge on any atom is -0.500 e. The molecular formula is C18H17NO5. The molecule has 124 valence electrons. The third kappa shape index (κ3) is 3.60. The average Bonchev–Trinajstić information content (AvgIpc) is 2.55. The topological polar surface area (TPSA) is 89.7 Å². The van der Waals surface area contributed by atoms with Crippen LogP contribution in [0.25, 0.3) is 6.08 Å². The second kappa shape index (κ2) is 6.95. The number of aryl methyl sites for hydroxylation is 2. The normalized spacial score (nSPS) is 10.8. The maximum absolute atomic E-state index is 12.2. The second-order valence-electron chi connectivity index (χ2n) is 5.34. The number of carbonyl (C=O) groups is 1. The Bertz CT molecular complexity index is 840. The molecule has 2 aromatic carbocycles. The van der Waals surface area contributed by atoms with Crippen LogP contribution in [0.3, 0.4) is 0 Å². The van der Waals surface area contributed by atoms with Gasteiger partial charge in [0.05, 0.1) is 12.0 Å². The van der Waals surface area contributed by atoms with Crippen LogP contribution in [0.4, 0.5) is 5.69 Å². The van der Waals surface area contributed by atoms with E-state index >= 15 is 0 Å². The molecule has 0 saturated carbocycles. The monoisotopic (exact) mass is 327 g/mol. The van der Waals surface area contributed by atoms with Gasteiger partial charge in [0.2, 0.25) is 5.75 Å². The van der Waals surface area contributed by atoms with Crippen LogP contribution in [0.5, 0.6) is 11.5 Å². The van der Waals surface area contributed by atoms with E-state index < -0.39 is 16.4 Å². The van der Waals surface area contributed by atoms with Crippen LogP contribution in [-0.2, 0) is 0 Å². The first-order valence-corrected chi connectivity index (χ1v) is 7.18. The minimum atomic E-state index is -0.708. The van der Waals surface area contributed by atoms with Gasteiger partial charge in [0.15, 0.2) is 11.5 Å². The number of ether oxygens (including phenoxy) is 1. The van der Waals surface area contributed by atoms with E-state index in [9.17, 15) is 20.0 Å². The van der Waals surface area contributed by atoms with Crippen LogP contribution in [0.1, 0.15) is 27.0 Å². The number of rotatable bonds is 5. The molecule has 2 aromatic rings. The molecule has 0 spiro atoms. The van der Waals surface area contributed by atoms with Gasteiger partial charge in [-0.25, -0.2) is 0 Å². The smallest absolute Gasteiger partial charge is 0.315 e. The number of aromatic hydroxyl groups is 1. The Morgan fingerprint density at radius 2 is 1.92 bits per heavy atom. The highest BCUT2D eigenvalue weighted by molar-refractivity contribution is 6.07. The number of methoxy groups -OCH3 is 1. The molecule has 6 heteroatoms. The lowest BCUT2D eigenvalue weighted by Gasteiger charge is -2.05. The molecule has 6 nitrogen and oxygen atoms in total. The van der Waals surface area contributed by atoms with Crippen LogP contribution in [0.2, 0.25) is 0 Å². The van der Waals surface area contributed by atoms with Gasteiger partial charge < -0.3 is 9.84 Å². The first-order chi connectivity index (χ1) is 11.3. The number of phenols is 1. The van der Waals surface area contributed by atoms with Crippen LogP contribution in [0.15, 0.2) is 36.4 Å². The molecule has 0 aliphatic rings. The third-order valence-corrected chi connectivity index (χ3v) is 3.71. The Balaban J connectivity index is 2.34. The van der Waals surface area contributed by atoms with Crippen LogP contribution in [0, 0.1) is 24.0 Å². The lowest BCUT2D eigenvalue weighted by Crippen LogP contribution is -1.96. The van der Waals surface area contributed by atoms with Gasteiger partial charge in [-0.3, -0.25) is 14.9 Å². The standard InChI is InChI=1S/C18H17NO5/c1-11-4-6-14(8-12(11)2)16(20)7-5-13-9-15(19(22)23)18(21)17(10-13)24-3/h4-10,21H,1-3H3/b7-5+. The predicted octanol–water partition coefficient (Wildman–Crippen LogP) is 3.82. The van der Waals surface area contributed by atoms with E-state index in [1.54, 1.807) is 12.1 Å². The van der Waals surface area contributed by atoms with Gasteiger partial charge in [0.1, 0.15) is 0 Å². The Labute approximate surface area is 139 Å². The highest BCUT2D eigenvalue weighted by atomic mass is 16.6. The van der Waals surface area contributed by atoms with Gasteiger partial charge in [-0.05, 0) is 48.7 Å². The highest BCUT2D eigenvalue weighted by Gasteiger charge is 2.19. The quantitative estimate of drug-likeness (QED) is 0.390. The van der Waals surface area contributed by atoms with Crippen molar-refractivity contribution in [2.24, 2.45) is 0 Å². The summed E-state index contributed by atoms with van der Waals surface area (Å²) in [6.45, 7) is 3.88. The first-order valence-electron chi connectivity index (χ1n) is 7.18. The largest absolute Gasteiger partial charge is 0.500 e. The van der Waals surface area contributed by atoms with Crippen molar-refractivity contribution < 1.29 is 19.6 Å². The van der Waals surface area contributed by atoms with Crippen molar-refractivity contribution in [2.75, 3.05) is 7.11 Å². The van der Waals surface area contributed by atoms with Crippen molar-refractivity contribution in [1.82, 2.24) is 0 Å². The van der Waals surface area contributed by atoms with Crippen molar-refractivity contribution in [1.29, 1.82) is 0 Å². The van der Waals surface area contributed by atoms with E-state index in [2.05, 4.69) is 0 Å². The van der Waals surface area contributed by atoms with E-state index in [4.69, 9.17) is 4.74 Å². The fraction of sp³-hybridized carbons (Fsp3) is 0.167. The molecule has 0 amide bonds. The second-order valence-corrected chi connectivity index (χ2v) is 5.34. The van der Waals surface area contributed by atoms with E-state index in [1.807, 2.05) is 19.9 Å². The zero-order chi connectivity index (χ0) is 17.9. The molecule has 0 bridgehead atoms.